The van der Waals surface area contributed by atoms with Crippen LogP contribution in [0.5, 0.6) is 0 Å². The van der Waals surface area contributed by atoms with Gasteiger partial charge in [0, 0.05) is 19.2 Å². The van der Waals surface area contributed by atoms with Crippen LogP contribution in [0.2, 0.25) is 0 Å². The van der Waals surface area contributed by atoms with Gasteiger partial charge in [-0.05, 0) is 51.6 Å². The minimum atomic E-state index is 0.326. The summed E-state index contributed by atoms with van der Waals surface area (Å²) in [6.07, 6.45) is 5.97. The molecule has 1 atom stereocenters. The van der Waals surface area contributed by atoms with Crippen LogP contribution in [0.1, 0.15) is 32.1 Å². The Morgan fingerprint density at radius 1 is 1.36 bits per heavy atom. The lowest BCUT2D eigenvalue weighted by molar-refractivity contribution is 0.214. The first-order valence-electron chi connectivity index (χ1n) is 5.80. The quantitative estimate of drug-likeness (QED) is 0.570. The third-order valence-corrected chi connectivity index (χ3v) is 3.14. The number of nitrogens with two attached hydrogens (primary N) is 1. The molecule has 0 aromatic heterocycles. The molecular formula is C11H24N2O. The van der Waals surface area contributed by atoms with E-state index in [1.54, 1.807) is 0 Å². The second-order valence-corrected chi connectivity index (χ2v) is 4.41. The van der Waals surface area contributed by atoms with E-state index in [0.29, 0.717) is 12.6 Å². The summed E-state index contributed by atoms with van der Waals surface area (Å²) >= 11 is 0. The predicted octanol–water partition coefficient (Wildman–Crippen LogP) is 0.818. The number of likely N-dealkylation sites (N-methyl/N-ethyl adjacent to an activating group) is 1. The van der Waals surface area contributed by atoms with Crippen LogP contribution in [0.15, 0.2) is 0 Å². The number of unbranched alkanes of at least 4 members (excludes halogenated alkanes) is 2. The second-order valence-electron chi connectivity index (χ2n) is 4.41. The molecule has 0 spiro atoms. The van der Waals surface area contributed by atoms with Crippen molar-refractivity contribution in [2.45, 2.75) is 38.1 Å². The average Bonchev–Trinajstić information content (AvgIpc) is 2.98. The highest BCUT2D eigenvalue weighted by atomic mass is 16.2. The van der Waals surface area contributed by atoms with Crippen LogP contribution in [-0.4, -0.2) is 42.8 Å². The Morgan fingerprint density at radius 2 is 2.07 bits per heavy atom. The van der Waals surface area contributed by atoms with E-state index >= 15 is 0 Å². The molecule has 0 amide bonds. The Labute approximate surface area is 87.3 Å². The number of hydrogen-bond acceptors (Lipinski definition) is 3. The van der Waals surface area contributed by atoms with Crippen molar-refractivity contribution >= 4 is 0 Å². The molecule has 0 radical (unpaired) electrons. The Balaban J connectivity index is 2.08. The van der Waals surface area contributed by atoms with E-state index in [-0.39, 0.29) is 0 Å². The topological polar surface area (TPSA) is 49.5 Å². The van der Waals surface area contributed by atoms with E-state index in [0.717, 1.165) is 31.8 Å². The molecule has 3 heteroatoms. The lowest BCUT2D eigenvalue weighted by Gasteiger charge is -2.26. The molecule has 0 aromatic carbocycles. The van der Waals surface area contributed by atoms with Crippen molar-refractivity contribution in [3.63, 3.8) is 0 Å². The van der Waals surface area contributed by atoms with E-state index < -0.39 is 0 Å². The van der Waals surface area contributed by atoms with Gasteiger partial charge in [-0.25, -0.2) is 0 Å². The molecule has 0 aromatic rings. The largest absolute Gasteiger partial charge is 0.396 e. The second kappa shape index (κ2) is 6.38. The van der Waals surface area contributed by atoms with E-state index in [2.05, 4.69) is 11.9 Å². The number of hydrogen-bond donors (Lipinski definition) is 2. The Morgan fingerprint density at radius 3 is 2.57 bits per heavy atom. The standard InChI is InChI=1S/C11H24N2O/c1-13(7-3-2-4-8-14)11(9-12)10-5-6-10/h10-11,14H,2-9,12H2,1H3. The SMILES string of the molecule is CN(CCCCCO)C(CN)C1CC1. The summed E-state index contributed by atoms with van der Waals surface area (Å²) in [7, 11) is 2.18. The van der Waals surface area contributed by atoms with Gasteiger partial charge in [-0.2, -0.15) is 0 Å². The first-order valence-corrected chi connectivity index (χ1v) is 5.80. The molecule has 0 heterocycles. The molecule has 0 saturated heterocycles. The van der Waals surface area contributed by atoms with E-state index in [1.165, 1.54) is 19.3 Å². The van der Waals surface area contributed by atoms with Gasteiger partial charge in [-0.3, -0.25) is 0 Å². The van der Waals surface area contributed by atoms with Crippen LogP contribution in [0.25, 0.3) is 0 Å². The highest BCUT2D eigenvalue weighted by Crippen LogP contribution is 2.34. The number of nitrogens with zero attached hydrogens (tertiary/aromatic N) is 1. The van der Waals surface area contributed by atoms with Crippen LogP contribution in [0, 0.1) is 5.92 Å². The van der Waals surface area contributed by atoms with Gasteiger partial charge in [-0.15, -0.1) is 0 Å². The van der Waals surface area contributed by atoms with Gasteiger partial charge in [0.05, 0.1) is 0 Å². The first kappa shape index (κ1) is 12.0. The fourth-order valence-electron chi connectivity index (χ4n) is 2.03. The molecule has 84 valence electrons. The Kier molecular flexibility index (Phi) is 5.45. The summed E-state index contributed by atoms with van der Waals surface area (Å²) in [5.74, 6) is 0.864. The maximum Gasteiger partial charge on any atom is 0.0431 e. The minimum absolute atomic E-state index is 0.326. The van der Waals surface area contributed by atoms with E-state index in [4.69, 9.17) is 10.8 Å². The fraction of sp³-hybridized carbons (Fsp3) is 1.00. The summed E-state index contributed by atoms with van der Waals surface area (Å²) in [6, 6.07) is 0.601. The molecule has 0 aliphatic heterocycles. The molecule has 1 unspecified atom stereocenters. The predicted molar refractivity (Wildman–Crippen MR) is 59.1 cm³/mol. The zero-order chi connectivity index (χ0) is 10.4. The van der Waals surface area contributed by atoms with E-state index in [9.17, 15) is 0 Å². The van der Waals surface area contributed by atoms with Crippen molar-refractivity contribution in [1.29, 1.82) is 0 Å². The maximum absolute atomic E-state index is 8.65. The summed E-state index contributed by atoms with van der Waals surface area (Å²) in [6.45, 7) is 2.24. The van der Waals surface area contributed by atoms with Crippen molar-refractivity contribution in [2.24, 2.45) is 11.7 Å². The minimum Gasteiger partial charge on any atom is -0.396 e. The summed E-state index contributed by atoms with van der Waals surface area (Å²) in [4.78, 5) is 2.40. The normalized spacial score (nSPS) is 18.9. The van der Waals surface area contributed by atoms with Gasteiger partial charge in [0.1, 0.15) is 0 Å². The van der Waals surface area contributed by atoms with Crippen molar-refractivity contribution in [3.05, 3.63) is 0 Å². The highest BCUT2D eigenvalue weighted by molar-refractivity contribution is 4.87. The van der Waals surface area contributed by atoms with Gasteiger partial charge in [0.15, 0.2) is 0 Å². The van der Waals surface area contributed by atoms with Gasteiger partial charge in [0.25, 0.3) is 0 Å². The van der Waals surface area contributed by atoms with Crippen molar-refractivity contribution in [2.75, 3.05) is 26.7 Å². The molecule has 14 heavy (non-hydrogen) atoms. The first-order chi connectivity index (χ1) is 6.79. The molecular weight excluding hydrogens is 176 g/mol. The summed E-state index contributed by atoms with van der Waals surface area (Å²) < 4.78 is 0. The van der Waals surface area contributed by atoms with Gasteiger partial charge in [-0.1, -0.05) is 0 Å². The monoisotopic (exact) mass is 200 g/mol. The smallest absolute Gasteiger partial charge is 0.0431 e. The summed E-state index contributed by atoms with van der Waals surface area (Å²) in [5.41, 5.74) is 5.76. The lowest BCUT2D eigenvalue weighted by Crippen LogP contribution is -2.40. The summed E-state index contributed by atoms with van der Waals surface area (Å²) in [5, 5.41) is 8.65. The lowest BCUT2D eigenvalue weighted by atomic mass is 10.1. The zero-order valence-corrected chi connectivity index (χ0v) is 9.28. The fourth-order valence-corrected chi connectivity index (χ4v) is 2.03. The molecule has 1 rings (SSSR count). The van der Waals surface area contributed by atoms with Gasteiger partial charge >= 0.3 is 0 Å². The van der Waals surface area contributed by atoms with Gasteiger partial charge < -0.3 is 15.7 Å². The van der Waals surface area contributed by atoms with E-state index in [1.807, 2.05) is 0 Å². The van der Waals surface area contributed by atoms with Gasteiger partial charge in [0.2, 0.25) is 0 Å². The van der Waals surface area contributed by atoms with Crippen LogP contribution in [0.4, 0.5) is 0 Å². The van der Waals surface area contributed by atoms with Crippen molar-refractivity contribution < 1.29 is 5.11 Å². The van der Waals surface area contributed by atoms with Crippen LogP contribution in [-0.2, 0) is 0 Å². The highest BCUT2D eigenvalue weighted by Gasteiger charge is 2.32. The molecule has 3 nitrogen and oxygen atoms in total. The third kappa shape index (κ3) is 3.95. The van der Waals surface area contributed by atoms with Crippen LogP contribution in [0.3, 0.4) is 0 Å². The zero-order valence-electron chi connectivity index (χ0n) is 9.28. The Bertz CT molecular complexity index is 148. The Hall–Kier alpha value is -0.120. The number of aliphatic hydroxyl groups is 1. The van der Waals surface area contributed by atoms with Crippen molar-refractivity contribution in [1.82, 2.24) is 4.90 Å². The molecule has 3 N–H and O–H groups in total. The molecule has 1 saturated carbocycles. The molecule has 0 bridgehead atoms. The maximum atomic E-state index is 8.65. The molecule has 1 aliphatic carbocycles. The molecule has 1 fully saturated rings. The number of rotatable bonds is 8. The number of aliphatic hydroxyl groups excluding tert-OH is 1. The van der Waals surface area contributed by atoms with Crippen molar-refractivity contribution in [3.8, 4) is 0 Å². The van der Waals surface area contributed by atoms with Crippen LogP contribution >= 0.6 is 0 Å². The molecule has 1 aliphatic rings. The third-order valence-electron chi connectivity index (χ3n) is 3.14. The van der Waals surface area contributed by atoms with Crippen LogP contribution < -0.4 is 5.73 Å². The average molecular weight is 200 g/mol.